The molecule has 6 nitrogen and oxygen atoms in total. The van der Waals surface area contributed by atoms with Gasteiger partial charge in [0.05, 0.1) is 13.1 Å². The number of nitrogens with one attached hydrogen (secondary N) is 2. The molecule has 0 aromatic carbocycles. The summed E-state index contributed by atoms with van der Waals surface area (Å²) < 4.78 is 0. The van der Waals surface area contributed by atoms with Gasteiger partial charge in [-0.05, 0) is 0 Å². The Hall–Kier alpha value is -0.730. The summed E-state index contributed by atoms with van der Waals surface area (Å²) in [6, 6.07) is 0. The predicted octanol–water partition coefficient (Wildman–Crippen LogP) is -0.860. The summed E-state index contributed by atoms with van der Waals surface area (Å²) >= 11 is 0. The van der Waals surface area contributed by atoms with Gasteiger partial charge in [0.1, 0.15) is 0 Å². The normalized spacial score (nSPS) is 23.5. The Balaban J connectivity index is 0.00000108. The highest BCUT2D eigenvalue weighted by Gasteiger charge is 2.23. The first-order chi connectivity index (χ1) is 7.93. The number of hydrogen-bond donors (Lipinski definition) is 2. The standard InChI is InChI=1S/C10H18N6.HI/c1-2-12-9(11-1)15-5-7-16(8-6-15)10-13-3-4-14-10;/h1-8H2,(H,11,12)(H,13,14);1H. The van der Waals surface area contributed by atoms with Crippen molar-refractivity contribution in [3.05, 3.63) is 0 Å². The maximum atomic E-state index is 4.45. The fourth-order valence-corrected chi connectivity index (χ4v) is 2.32. The van der Waals surface area contributed by atoms with E-state index in [4.69, 9.17) is 0 Å². The van der Waals surface area contributed by atoms with E-state index in [0.29, 0.717) is 0 Å². The summed E-state index contributed by atoms with van der Waals surface area (Å²) in [7, 11) is 0. The zero-order valence-electron chi connectivity index (χ0n) is 9.85. The summed E-state index contributed by atoms with van der Waals surface area (Å²) in [5.74, 6) is 2.17. The quantitative estimate of drug-likeness (QED) is 0.559. The molecule has 3 rings (SSSR count). The van der Waals surface area contributed by atoms with Crippen LogP contribution in [0.1, 0.15) is 0 Å². The number of guanidine groups is 2. The average Bonchev–Trinajstić information content (AvgIpc) is 3.03. The smallest absolute Gasteiger partial charge is 0.194 e. The van der Waals surface area contributed by atoms with Crippen LogP contribution < -0.4 is 10.6 Å². The minimum atomic E-state index is 0. The molecule has 0 spiro atoms. The molecule has 96 valence electrons. The summed E-state index contributed by atoms with van der Waals surface area (Å²) in [5, 5.41) is 6.64. The Labute approximate surface area is 119 Å². The molecule has 3 aliphatic heterocycles. The van der Waals surface area contributed by atoms with Gasteiger partial charge in [0.25, 0.3) is 0 Å². The summed E-state index contributed by atoms with van der Waals surface area (Å²) in [5.41, 5.74) is 0. The molecule has 0 bridgehead atoms. The van der Waals surface area contributed by atoms with Gasteiger partial charge in [-0.1, -0.05) is 0 Å². The molecule has 0 saturated carbocycles. The minimum absolute atomic E-state index is 0. The first kappa shape index (κ1) is 12.7. The van der Waals surface area contributed by atoms with E-state index in [1.807, 2.05) is 0 Å². The van der Waals surface area contributed by atoms with Crippen molar-refractivity contribution >= 4 is 35.9 Å². The highest BCUT2D eigenvalue weighted by molar-refractivity contribution is 14.0. The van der Waals surface area contributed by atoms with Crippen molar-refractivity contribution in [3.63, 3.8) is 0 Å². The van der Waals surface area contributed by atoms with Gasteiger partial charge in [-0.2, -0.15) is 0 Å². The Bertz CT molecular complexity index is 289. The second kappa shape index (κ2) is 5.74. The van der Waals surface area contributed by atoms with Crippen molar-refractivity contribution in [1.29, 1.82) is 0 Å². The van der Waals surface area contributed by atoms with Crippen molar-refractivity contribution in [3.8, 4) is 0 Å². The molecule has 1 fully saturated rings. The van der Waals surface area contributed by atoms with Gasteiger partial charge >= 0.3 is 0 Å². The van der Waals surface area contributed by atoms with E-state index in [1.54, 1.807) is 0 Å². The molecular weight excluding hydrogens is 331 g/mol. The first-order valence-corrected chi connectivity index (χ1v) is 6.00. The first-order valence-electron chi connectivity index (χ1n) is 6.00. The number of piperazine rings is 1. The molecule has 3 aliphatic rings. The third-order valence-corrected chi connectivity index (χ3v) is 3.19. The van der Waals surface area contributed by atoms with Crippen LogP contribution in [0.4, 0.5) is 0 Å². The van der Waals surface area contributed by atoms with Crippen LogP contribution in [0.3, 0.4) is 0 Å². The van der Waals surface area contributed by atoms with E-state index in [9.17, 15) is 0 Å². The van der Waals surface area contributed by atoms with Crippen LogP contribution in [0.5, 0.6) is 0 Å². The van der Waals surface area contributed by atoms with Crippen molar-refractivity contribution < 1.29 is 0 Å². The molecule has 0 unspecified atom stereocenters. The number of nitrogens with zero attached hydrogens (tertiary/aromatic N) is 4. The summed E-state index contributed by atoms with van der Waals surface area (Å²) in [6.45, 7) is 7.96. The highest BCUT2D eigenvalue weighted by Crippen LogP contribution is 2.05. The average molecular weight is 350 g/mol. The molecule has 0 aromatic heterocycles. The van der Waals surface area contributed by atoms with Crippen LogP contribution in [0.15, 0.2) is 9.98 Å². The fraction of sp³-hybridized carbons (Fsp3) is 0.800. The second-order valence-corrected chi connectivity index (χ2v) is 4.24. The van der Waals surface area contributed by atoms with Gasteiger partial charge in [0, 0.05) is 39.3 Å². The Kier molecular flexibility index (Phi) is 4.30. The number of hydrogen-bond acceptors (Lipinski definition) is 6. The molecule has 0 radical (unpaired) electrons. The van der Waals surface area contributed by atoms with E-state index in [1.165, 1.54) is 0 Å². The SMILES string of the molecule is C1CNC(N2CCN(C3=NCCN3)CC2)=N1.I. The van der Waals surface area contributed by atoms with Crippen LogP contribution in [0.2, 0.25) is 0 Å². The molecule has 17 heavy (non-hydrogen) atoms. The predicted molar refractivity (Wildman–Crippen MR) is 79.2 cm³/mol. The van der Waals surface area contributed by atoms with Crippen molar-refractivity contribution in [2.24, 2.45) is 9.98 Å². The maximum Gasteiger partial charge on any atom is 0.194 e. The van der Waals surface area contributed by atoms with Crippen LogP contribution >= 0.6 is 24.0 Å². The molecule has 2 N–H and O–H groups in total. The molecule has 3 heterocycles. The van der Waals surface area contributed by atoms with Crippen molar-refractivity contribution in [2.75, 3.05) is 52.4 Å². The molecule has 1 saturated heterocycles. The van der Waals surface area contributed by atoms with E-state index in [0.717, 1.165) is 64.3 Å². The van der Waals surface area contributed by atoms with E-state index in [2.05, 4.69) is 30.4 Å². The summed E-state index contributed by atoms with van der Waals surface area (Å²) in [4.78, 5) is 13.6. The highest BCUT2D eigenvalue weighted by atomic mass is 127. The lowest BCUT2D eigenvalue weighted by atomic mass is 10.3. The van der Waals surface area contributed by atoms with Gasteiger partial charge in [0.15, 0.2) is 11.9 Å². The van der Waals surface area contributed by atoms with E-state index < -0.39 is 0 Å². The maximum absolute atomic E-state index is 4.45. The van der Waals surface area contributed by atoms with Gasteiger partial charge in [-0.15, -0.1) is 24.0 Å². The third kappa shape index (κ3) is 2.75. The van der Waals surface area contributed by atoms with Crippen LogP contribution in [0.25, 0.3) is 0 Å². The third-order valence-electron chi connectivity index (χ3n) is 3.19. The lowest BCUT2D eigenvalue weighted by Gasteiger charge is -2.36. The largest absolute Gasteiger partial charge is 0.354 e. The molecule has 7 heteroatoms. The minimum Gasteiger partial charge on any atom is -0.354 e. The van der Waals surface area contributed by atoms with Gasteiger partial charge < -0.3 is 20.4 Å². The second-order valence-electron chi connectivity index (χ2n) is 4.24. The van der Waals surface area contributed by atoms with Gasteiger partial charge in [0.2, 0.25) is 0 Å². The molecule has 0 amide bonds. The van der Waals surface area contributed by atoms with Crippen molar-refractivity contribution in [2.45, 2.75) is 0 Å². The number of rotatable bonds is 0. The zero-order valence-corrected chi connectivity index (χ0v) is 12.2. The monoisotopic (exact) mass is 350 g/mol. The van der Waals surface area contributed by atoms with Gasteiger partial charge in [-0.25, -0.2) is 0 Å². The van der Waals surface area contributed by atoms with E-state index in [-0.39, 0.29) is 24.0 Å². The Morgan fingerprint density at radius 2 is 1.18 bits per heavy atom. The Morgan fingerprint density at radius 1 is 0.765 bits per heavy atom. The van der Waals surface area contributed by atoms with Crippen LogP contribution in [-0.4, -0.2) is 74.1 Å². The molecule has 0 atom stereocenters. The number of halogens is 1. The van der Waals surface area contributed by atoms with Crippen LogP contribution in [0, 0.1) is 0 Å². The van der Waals surface area contributed by atoms with Crippen LogP contribution in [-0.2, 0) is 0 Å². The fourth-order valence-electron chi connectivity index (χ4n) is 2.32. The molecule has 0 aliphatic carbocycles. The van der Waals surface area contributed by atoms with Crippen molar-refractivity contribution in [1.82, 2.24) is 20.4 Å². The molecule has 0 aromatic rings. The van der Waals surface area contributed by atoms with E-state index >= 15 is 0 Å². The topological polar surface area (TPSA) is 55.3 Å². The lowest BCUT2D eigenvalue weighted by molar-refractivity contribution is 0.251. The van der Waals surface area contributed by atoms with Gasteiger partial charge in [-0.3, -0.25) is 9.98 Å². The molecular formula is C10H19IN6. The summed E-state index contributed by atoms with van der Waals surface area (Å²) in [6.07, 6.45) is 0. The Morgan fingerprint density at radius 3 is 1.47 bits per heavy atom. The lowest BCUT2D eigenvalue weighted by Crippen LogP contribution is -2.54. The number of aliphatic imine (C=N–C) groups is 2. The zero-order chi connectivity index (χ0) is 10.8.